The maximum atomic E-state index is 12.2. The van der Waals surface area contributed by atoms with Gasteiger partial charge in [-0.25, -0.2) is 0 Å². The van der Waals surface area contributed by atoms with E-state index in [1.807, 2.05) is 23.1 Å². The van der Waals surface area contributed by atoms with Crippen LogP contribution in [0.5, 0.6) is 5.75 Å². The van der Waals surface area contributed by atoms with E-state index in [1.54, 1.807) is 0 Å². The van der Waals surface area contributed by atoms with E-state index in [1.165, 1.54) is 0 Å². The monoisotopic (exact) mass is 331 g/mol. The molecule has 2 fully saturated rings. The first kappa shape index (κ1) is 17.2. The van der Waals surface area contributed by atoms with Gasteiger partial charge in [0.2, 0.25) is 0 Å². The molecule has 0 aromatic heterocycles. The van der Waals surface area contributed by atoms with E-state index in [4.69, 9.17) is 4.74 Å². The highest BCUT2D eigenvalue weighted by Gasteiger charge is 2.26. The first-order valence-corrected chi connectivity index (χ1v) is 8.99. The summed E-state index contributed by atoms with van der Waals surface area (Å²) in [6.07, 6.45) is 2.22. The second-order valence-electron chi connectivity index (χ2n) is 7.51. The number of hydrogen-bond donors (Lipinski definition) is 1. The lowest BCUT2D eigenvalue weighted by molar-refractivity contribution is -0.132. The van der Waals surface area contributed by atoms with Crippen LogP contribution in [0.15, 0.2) is 24.3 Å². The molecule has 1 amide bonds. The van der Waals surface area contributed by atoms with Crippen molar-refractivity contribution in [1.29, 1.82) is 0 Å². The van der Waals surface area contributed by atoms with Gasteiger partial charge in [0.1, 0.15) is 5.75 Å². The third kappa shape index (κ3) is 4.48. The molecule has 3 rings (SSSR count). The number of piperazine rings is 1. The van der Waals surface area contributed by atoms with Crippen molar-refractivity contribution in [2.45, 2.75) is 38.8 Å². The molecule has 0 atom stereocenters. The standard InChI is InChI=1S/C19H29N3O2/c1-19(2)15-21(12-9-20-19)13-16-7-3-4-8-17(16)24-14-18(23)22-10-5-6-11-22/h3-4,7-8,20H,5-6,9-15H2,1-2H3. The van der Waals surface area contributed by atoms with E-state index in [9.17, 15) is 4.79 Å². The molecule has 2 aliphatic heterocycles. The lowest BCUT2D eigenvalue weighted by Crippen LogP contribution is -2.56. The van der Waals surface area contributed by atoms with Crippen LogP contribution >= 0.6 is 0 Å². The number of ether oxygens (including phenoxy) is 1. The predicted octanol–water partition coefficient (Wildman–Crippen LogP) is 1.87. The maximum Gasteiger partial charge on any atom is 0.260 e. The lowest BCUT2D eigenvalue weighted by Gasteiger charge is -2.39. The molecule has 0 bridgehead atoms. The second-order valence-corrected chi connectivity index (χ2v) is 7.51. The van der Waals surface area contributed by atoms with Crippen molar-refractivity contribution < 1.29 is 9.53 Å². The number of rotatable bonds is 5. The summed E-state index contributed by atoms with van der Waals surface area (Å²) in [7, 11) is 0. The summed E-state index contributed by atoms with van der Waals surface area (Å²) in [5, 5.41) is 3.54. The molecule has 1 N–H and O–H groups in total. The molecule has 5 nitrogen and oxygen atoms in total. The van der Waals surface area contributed by atoms with Crippen molar-refractivity contribution in [1.82, 2.24) is 15.1 Å². The fourth-order valence-corrected chi connectivity index (χ4v) is 3.59. The highest BCUT2D eigenvalue weighted by Crippen LogP contribution is 2.22. The van der Waals surface area contributed by atoms with E-state index >= 15 is 0 Å². The Morgan fingerprint density at radius 1 is 1.21 bits per heavy atom. The van der Waals surface area contributed by atoms with Crippen LogP contribution in [0.25, 0.3) is 0 Å². The number of hydrogen-bond acceptors (Lipinski definition) is 4. The van der Waals surface area contributed by atoms with Gasteiger partial charge in [-0.05, 0) is 32.8 Å². The highest BCUT2D eigenvalue weighted by atomic mass is 16.5. The van der Waals surface area contributed by atoms with E-state index < -0.39 is 0 Å². The summed E-state index contributed by atoms with van der Waals surface area (Å²) in [6.45, 7) is 10.3. The zero-order chi connectivity index (χ0) is 17.0. The number of nitrogens with one attached hydrogen (secondary N) is 1. The maximum absolute atomic E-state index is 12.2. The van der Waals surface area contributed by atoms with Gasteiger partial charge >= 0.3 is 0 Å². The van der Waals surface area contributed by atoms with Gasteiger partial charge in [-0.15, -0.1) is 0 Å². The molecular weight excluding hydrogens is 302 g/mol. The zero-order valence-corrected chi connectivity index (χ0v) is 14.9. The molecule has 2 heterocycles. The average Bonchev–Trinajstić information content (AvgIpc) is 3.07. The number of carbonyl (C=O) groups is 1. The Balaban J connectivity index is 1.59. The Morgan fingerprint density at radius 2 is 1.96 bits per heavy atom. The molecule has 1 aromatic rings. The van der Waals surface area contributed by atoms with Gasteiger partial charge in [0.15, 0.2) is 6.61 Å². The molecule has 0 saturated carbocycles. The average molecular weight is 331 g/mol. The highest BCUT2D eigenvalue weighted by molar-refractivity contribution is 5.78. The quantitative estimate of drug-likeness (QED) is 0.895. The van der Waals surface area contributed by atoms with E-state index in [2.05, 4.69) is 30.1 Å². The van der Waals surface area contributed by atoms with Crippen LogP contribution in [-0.4, -0.2) is 60.6 Å². The first-order valence-electron chi connectivity index (χ1n) is 8.99. The predicted molar refractivity (Wildman–Crippen MR) is 95.1 cm³/mol. The Kier molecular flexibility index (Phi) is 5.41. The number of amides is 1. The van der Waals surface area contributed by atoms with Gasteiger partial charge < -0.3 is 15.0 Å². The van der Waals surface area contributed by atoms with Crippen LogP contribution < -0.4 is 10.1 Å². The SMILES string of the molecule is CC1(C)CN(Cc2ccccc2OCC(=O)N2CCCC2)CCN1. The molecule has 2 saturated heterocycles. The summed E-state index contributed by atoms with van der Waals surface area (Å²) in [6, 6.07) is 8.09. The number of likely N-dealkylation sites (tertiary alicyclic amines) is 1. The van der Waals surface area contributed by atoms with Crippen molar-refractivity contribution >= 4 is 5.91 Å². The van der Waals surface area contributed by atoms with Gasteiger partial charge in [-0.2, -0.15) is 0 Å². The van der Waals surface area contributed by atoms with Crippen LogP contribution in [0.3, 0.4) is 0 Å². The minimum absolute atomic E-state index is 0.102. The molecule has 0 spiro atoms. The zero-order valence-electron chi connectivity index (χ0n) is 14.9. The van der Waals surface area contributed by atoms with Crippen molar-refractivity contribution in [3.8, 4) is 5.75 Å². The van der Waals surface area contributed by atoms with Crippen LogP contribution in [0, 0.1) is 0 Å². The van der Waals surface area contributed by atoms with Gasteiger partial charge in [0.05, 0.1) is 0 Å². The van der Waals surface area contributed by atoms with Gasteiger partial charge in [0, 0.05) is 50.4 Å². The Bertz CT molecular complexity index is 567. The van der Waals surface area contributed by atoms with Crippen molar-refractivity contribution in [2.24, 2.45) is 0 Å². The molecular formula is C19H29N3O2. The number of para-hydroxylation sites is 1. The molecule has 132 valence electrons. The van der Waals surface area contributed by atoms with Crippen LogP contribution in [-0.2, 0) is 11.3 Å². The molecule has 0 aliphatic carbocycles. The topological polar surface area (TPSA) is 44.8 Å². The lowest BCUT2D eigenvalue weighted by atomic mass is 10.0. The molecule has 5 heteroatoms. The van der Waals surface area contributed by atoms with Crippen molar-refractivity contribution in [3.63, 3.8) is 0 Å². The number of benzene rings is 1. The Labute approximate surface area is 145 Å². The van der Waals surface area contributed by atoms with E-state index in [0.717, 1.165) is 63.4 Å². The second kappa shape index (κ2) is 7.53. The molecule has 0 unspecified atom stereocenters. The van der Waals surface area contributed by atoms with Gasteiger partial charge in [-0.3, -0.25) is 9.69 Å². The third-order valence-electron chi connectivity index (χ3n) is 4.83. The summed E-state index contributed by atoms with van der Waals surface area (Å²) < 4.78 is 5.87. The number of carbonyl (C=O) groups excluding carboxylic acids is 1. The smallest absolute Gasteiger partial charge is 0.260 e. The van der Waals surface area contributed by atoms with Crippen molar-refractivity contribution in [2.75, 3.05) is 39.3 Å². The molecule has 0 radical (unpaired) electrons. The summed E-state index contributed by atoms with van der Waals surface area (Å²) >= 11 is 0. The number of nitrogens with zero attached hydrogens (tertiary/aromatic N) is 2. The normalized spacial score (nSPS) is 21.0. The van der Waals surface area contributed by atoms with E-state index in [0.29, 0.717) is 0 Å². The third-order valence-corrected chi connectivity index (χ3v) is 4.83. The van der Waals surface area contributed by atoms with Crippen LogP contribution in [0.4, 0.5) is 0 Å². The van der Waals surface area contributed by atoms with Crippen LogP contribution in [0.1, 0.15) is 32.3 Å². The fraction of sp³-hybridized carbons (Fsp3) is 0.632. The van der Waals surface area contributed by atoms with Crippen molar-refractivity contribution in [3.05, 3.63) is 29.8 Å². The largest absolute Gasteiger partial charge is 0.483 e. The summed E-state index contributed by atoms with van der Waals surface area (Å²) in [5.74, 6) is 0.937. The minimum atomic E-state index is 0.102. The molecule has 1 aromatic carbocycles. The summed E-state index contributed by atoms with van der Waals surface area (Å²) in [5.41, 5.74) is 1.30. The molecule has 2 aliphatic rings. The van der Waals surface area contributed by atoms with E-state index in [-0.39, 0.29) is 18.1 Å². The van der Waals surface area contributed by atoms with Crippen LogP contribution in [0.2, 0.25) is 0 Å². The van der Waals surface area contributed by atoms with Gasteiger partial charge in [-0.1, -0.05) is 18.2 Å². The fourth-order valence-electron chi connectivity index (χ4n) is 3.59. The summed E-state index contributed by atoms with van der Waals surface area (Å²) in [4.78, 5) is 16.5. The molecule has 24 heavy (non-hydrogen) atoms. The first-order chi connectivity index (χ1) is 11.5. The minimum Gasteiger partial charge on any atom is -0.483 e. The Hall–Kier alpha value is -1.59. The van der Waals surface area contributed by atoms with Gasteiger partial charge in [0.25, 0.3) is 5.91 Å². The Morgan fingerprint density at radius 3 is 2.71 bits per heavy atom.